The standard InChI is InChI=1S/C11H15F3N2/c1-10(2,15)6-5-8-4-3-7-16-9(8)11(12,13)14/h3-4,7H,5-6,15H2,1-2H3. The highest BCUT2D eigenvalue weighted by Gasteiger charge is 2.34. The largest absolute Gasteiger partial charge is 0.433 e. The van der Waals surface area contributed by atoms with Gasteiger partial charge < -0.3 is 5.73 Å². The van der Waals surface area contributed by atoms with E-state index < -0.39 is 17.4 Å². The molecule has 0 aromatic carbocycles. The first-order chi connectivity index (χ1) is 7.20. The van der Waals surface area contributed by atoms with Crippen LogP contribution in [0.1, 0.15) is 31.5 Å². The number of rotatable bonds is 3. The molecule has 0 aliphatic carbocycles. The Bertz CT molecular complexity index is 353. The molecule has 16 heavy (non-hydrogen) atoms. The van der Waals surface area contributed by atoms with Crippen molar-refractivity contribution in [1.82, 2.24) is 4.98 Å². The average Bonchev–Trinajstić information content (AvgIpc) is 2.12. The van der Waals surface area contributed by atoms with Crippen LogP contribution in [0.2, 0.25) is 0 Å². The van der Waals surface area contributed by atoms with Crippen LogP contribution in [0.5, 0.6) is 0 Å². The van der Waals surface area contributed by atoms with Crippen molar-refractivity contribution in [2.24, 2.45) is 5.73 Å². The fourth-order valence-electron chi connectivity index (χ4n) is 1.35. The summed E-state index contributed by atoms with van der Waals surface area (Å²) in [6.45, 7) is 3.58. The smallest absolute Gasteiger partial charge is 0.326 e. The van der Waals surface area contributed by atoms with E-state index >= 15 is 0 Å². The molecule has 0 unspecified atom stereocenters. The molecule has 1 aromatic rings. The van der Waals surface area contributed by atoms with E-state index in [1.165, 1.54) is 12.1 Å². The van der Waals surface area contributed by atoms with Crippen LogP contribution in [0.3, 0.4) is 0 Å². The van der Waals surface area contributed by atoms with Crippen LogP contribution in [0, 0.1) is 0 Å². The highest BCUT2D eigenvalue weighted by molar-refractivity contribution is 5.22. The quantitative estimate of drug-likeness (QED) is 0.870. The first kappa shape index (κ1) is 13.0. The predicted octanol–water partition coefficient (Wildman–Crippen LogP) is 2.77. The molecule has 0 amide bonds. The molecule has 90 valence electrons. The minimum absolute atomic E-state index is 0.202. The number of nitrogens with two attached hydrogens (primary N) is 1. The molecule has 0 bridgehead atoms. The predicted molar refractivity (Wildman–Crippen MR) is 55.8 cm³/mol. The number of halogens is 3. The highest BCUT2D eigenvalue weighted by atomic mass is 19.4. The Hall–Kier alpha value is -1.10. The summed E-state index contributed by atoms with van der Waals surface area (Å²) >= 11 is 0. The van der Waals surface area contributed by atoms with Gasteiger partial charge in [0.1, 0.15) is 5.69 Å². The van der Waals surface area contributed by atoms with Gasteiger partial charge in [-0.1, -0.05) is 6.07 Å². The molecule has 0 spiro atoms. The molecule has 2 nitrogen and oxygen atoms in total. The maximum Gasteiger partial charge on any atom is 0.433 e. The van der Waals surface area contributed by atoms with E-state index in [1.54, 1.807) is 13.8 Å². The van der Waals surface area contributed by atoms with Gasteiger partial charge in [0, 0.05) is 11.7 Å². The lowest BCUT2D eigenvalue weighted by atomic mass is 9.96. The molecule has 0 aliphatic heterocycles. The molecule has 0 saturated heterocycles. The summed E-state index contributed by atoms with van der Waals surface area (Å²) in [6.07, 6.45) is -2.47. The van der Waals surface area contributed by atoms with Gasteiger partial charge in [-0.2, -0.15) is 13.2 Å². The third-order valence-electron chi connectivity index (χ3n) is 2.20. The molecule has 0 radical (unpaired) electrons. The summed E-state index contributed by atoms with van der Waals surface area (Å²) in [6, 6.07) is 2.95. The van der Waals surface area contributed by atoms with Gasteiger partial charge in [0.05, 0.1) is 0 Å². The van der Waals surface area contributed by atoms with Crippen molar-refractivity contribution in [2.45, 2.75) is 38.4 Å². The van der Waals surface area contributed by atoms with E-state index in [4.69, 9.17) is 5.73 Å². The first-order valence-corrected chi connectivity index (χ1v) is 5.00. The van der Waals surface area contributed by atoms with E-state index in [2.05, 4.69) is 4.98 Å². The van der Waals surface area contributed by atoms with Crippen LogP contribution in [-0.4, -0.2) is 10.5 Å². The molecule has 0 atom stereocenters. The van der Waals surface area contributed by atoms with Crippen LogP contribution in [0.15, 0.2) is 18.3 Å². The minimum atomic E-state index is -4.39. The van der Waals surface area contributed by atoms with Crippen LogP contribution in [0.25, 0.3) is 0 Å². The third-order valence-corrected chi connectivity index (χ3v) is 2.20. The topological polar surface area (TPSA) is 38.9 Å². The van der Waals surface area contributed by atoms with Crippen LogP contribution < -0.4 is 5.73 Å². The van der Waals surface area contributed by atoms with Gasteiger partial charge in [0.15, 0.2) is 0 Å². The summed E-state index contributed by atoms with van der Waals surface area (Å²) < 4.78 is 37.7. The monoisotopic (exact) mass is 232 g/mol. The minimum Gasteiger partial charge on any atom is -0.326 e. The van der Waals surface area contributed by atoms with Crippen LogP contribution in [-0.2, 0) is 12.6 Å². The Balaban J connectivity index is 2.88. The Morgan fingerprint density at radius 1 is 1.31 bits per heavy atom. The maximum absolute atomic E-state index is 12.6. The van der Waals surface area contributed by atoms with E-state index in [-0.39, 0.29) is 12.0 Å². The molecule has 0 saturated carbocycles. The number of alkyl halides is 3. The van der Waals surface area contributed by atoms with Gasteiger partial charge in [0.2, 0.25) is 0 Å². The Morgan fingerprint density at radius 2 is 1.94 bits per heavy atom. The van der Waals surface area contributed by atoms with Gasteiger partial charge >= 0.3 is 6.18 Å². The summed E-state index contributed by atoms with van der Waals surface area (Å²) in [7, 11) is 0. The molecule has 1 rings (SSSR count). The van der Waals surface area contributed by atoms with E-state index in [9.17, 15) is 13.2 Å². The van der Waals surface area contributed by atoms with Gasteiger partial charge in [-0.15, -0.1) is 0 Å². The molecular formula is C11H15F3N2. The van der Waals surface area contributed by atoms with E-state index in [0.717, 1.165) is 6.20 Å². The van der Waals surface area contributed by atoms with Crippen molar-refractivity contribution >= 4 is 0 Å². The average molecular weight is 232 g/mol. The fraction of sp³-hybridized carbons (Fsp3) is 0.545. The molecule has 5 heteroatoms. The SMILES string of the molecule is CC(C)(N)CCc1cccnc1C(F)(F)F. The number of aryl methyl sites for hydroxylation is 1. The summed E-state index contributed by atoms with van der Waals surface area (Å²) in [4.78, 5) is 3.38. The van der Waals surface area contributed by atoms with Gasteiger partial charge in [0.25, 0.3) is 0 Å². The third kappa shape index (κ3) is 3.81. The lowest BCUT2D eigenvalue weighted by Gasteiger charge is -2.19. The second kappa shape index (κ2) is 4.41. The Labute approximate surface area is 92.7 Å². The van der Waals surface area contributed by atoms with Gasteiger partial charge in [-0.3, -0.25) is 4.98 Å². The fourth-order valence-corrected chi connectivity index (χ4v) is 1.35. The van der Waals surface area contributed by atoms with Crippen molar-refractivity contribution in [1.29, 1.82) is 0 Å². The number of aromatic nitrogens is 1. The number of pyridine rings is 1. The van der Waals surface area contributed by atoms with Gasteiger partial charge in [-0.25, -0.2) is 0 Å². The molecular weight excluding hydrogens is 217 g/mol. The maximum atomic E-state index is 12.6. The first-order valence-electron chi connectivity index (χ1n) is 5.00. The zero-order valence-corrected chi connectivity index (χ0v) is 9.30. The lowest BCUT2D eigenvalue weighted by molar-refractivity contribution is -0.141. The lowest BCUT2D eigenvalue weighted by Crippen LogP contribution is -2.32. The van der Waals surface area contributed by atoms with Crippen molar-refractivity contribution < 1.29 is 13.2 Å². The molecule has 1 heterocycles. The van der Waals surface area contributed by atoms with Crippen molar-refractivity contribution in [2.75, 3.05) is 0 Å². The molecule has 1 aromatic heterocycles. The summed E-state index contributed by atoms with van der Waals surface area (Å²) in [5, 5.41) is 0. The zero-order chi connectivity index (χ0) is 12.4. The van der Waals surface area contributed by atoms with E-state index in [1.807, 2.05) is 0 Å². The molecule has 0 aliphatic rings. The van der Waals surface area contributed by atoms with Crippen molar-refractivity contribution in [3.05, 3.63) is 29.6 Å². The number of nitrogens with zero attached hydrogens (tertiary/aromatic N) is 1. The highest BCUT2D eigenvalue weighted by Crippen LogP contribution is 2.30. The number of hydrogen-bond donors (Lipinski definition) is 1. The van der Waals surface area contributed by atoms with Crippen LogP contribution in [0.4, 0.5) is 13.2 Å². The zero-order valence-electron chi connectivity index (χ0n) is 9.30. The second-order valence-electron chi connectivity index (χ2n) is 4.50. The second-order valence-corrected chi connectivity index (χ2v) is 4.50. The van der Waals surface area contributed by atoms with E-state index in [0.29, 0.717) is 6.42 Å². The summed E-state index contributed by atoms with van der Waals surface area (Å²) in [5.74, 6) is 0. The summed E-state index contributed by atoms with van der Waals surface area (Å²) in [5.41, 5.74) is 4.66. The normalized spacial score (nSPS) is 12.9. The Morgan fingerprint density at radius 3 is 2.44 bits per heavy atom. The van der Waals surface area contributed by atoms with Crippen LogP contribution >= 0.6 is 0 Å². The van der Waals surface area contributed by atoms with Crippen molar-refractivity contribution in [3.63, 3.8) is 0 Å². The Kier molecular flexibility index (Phi) is 3.57. The molecule has 0 fully saturated rings. The number of hydrogen-bond acceptors (Lipinski definition) is 2. The van der Waals surface area contributed by atoms with Gasteiger partial charge in [-0.05, 0) is 38.3 Å². The van der Waals surface area contributed by atoms with Crippen molar-refractivity contribution in [3.8, 4) is 0 Å². The molecule has 2 N–H and O–H groups in total.